The fourth-order valence-corrected chi connectivity index (χ4v) is 2.72. The molecule has 2 heterocycles. The predicted octanol–water partition coefficient (Wildman–Crippen LogP) is 3.30. The van der Waals surface area contributed by atoms with Crippen molar-refractivity contribution in [3.63, 3.8) is 0 Å². The highest BCUT2D eigenvalue weighted by molar-refractivity contribution is 5.37. The van der Waals surface area contributed by atoms with E-state index >= 15 is 0 Å². The van der Waals surface area contributed by atoms with Crippen molar-refractivity contribution in [2.75, 3.05) is 18.4 Å². The molecule has 0 spiro atoms. The summed E-state index contributed by atoms with van der Waals surface area (Å²) in [5, 5.41) is 6.68. The Kier molecular flexibility index (Phi) is 4.46. The summed E-state index contributed by atoms with van der Waals surface area (Å²) >= 11 is 0. The summed E-state index contributed by atoms with van der Waals surface area (Å²) in [6, 6.07) is 12.7. The van der Waals surface area contributed by atoms with Gasteiger partial charge in [-0.2, -0.15) is 0 Å². The van der Waals surface area contributed by atoms with E-state index < -0.39 is 0 Å². The van der Waals surface area contributed by atoms with Gasteiger partial charge in [0.05, 0.1) is 0 Å². The van der Waals surface area contributed by atoms with Crippen LogP contribution in [0.15, 0.2) is 42.5 Å². The van der Waals surface area contributed by atoms with Crippen LogP contribution in [0.25, 0.3) is 0 Å². The average molecular weight is 285 g/mol. The molecule has 1 aromatic heterocycles. The molecule has 3 nitrogen and oxygen atoms in total. The molecular formula is C17H20FN3. The average Bonchev–Trinajstić information content (AvgIpc) is 2.54. The minimum atomic E-state index is -0.204. The molecule has 1 saturated heterocycles. The first-order chi connectivity index (χ1) is 10.3. The Labute approximate surface area is 124 Å². The third kappa shape index (κ3) is 3.79. The zero-order valence-electron chi connectivity index (χ0n) is 12.0. The Balaban J connectivity index is 1.65. The number of nitrogens with zero attached hydrogens (tertiary/aromatic N) is 1. The van der Waals surface area contributed by atoms with Gasteiger partial charge in [-0.05, 0) is 49.2 Å². The highest BCUT2D eigenvalue weighted by Gasteiger charge is 2.16. The highest BCUT2D eigenvalue weighted by Crippen LogP contribution is 2.22. The van der Waals surface area contributed by atoms with Gasteiger partial charge in [0, 0.05) is 24.7 Å². The van der Waals surface area contributed by atoms with Crippen LogP contribution in [0.5, 0.6) is 0 Å². The van der Waals surface area contributed by atoms with E-state index in [1.165, 1.54) is 18.9 Å². The summed E-state index contributed by atoms with van der Waals surface area (Å²) in [5.41, 5.74) is 2.05. The van der Waals surface area contributed by atoms with Gasteiger partial charge in [-0.25, -0.2) is 9.37 Å². The van der Waals surface area contributed by atoms with Crippen LogP contribution in [0.3, 0.4) is 0 Å². The predicted molar refractivity (Wildman–Crippen MR) is 82.8 cm³/mol. The smallest absolute Gasteiger partial charge is 0.126 e. The standard InChI is InChI=1S/C17H20FN3/c18-15-6-1-4-13(10-15)11-20-17-8-2-7-16(21-17)14-5-3-9-19-12-14/h1-2,4,6-8,10,14,19H,3,5,9,11-12H2,(H,20,21)/t14-/m0/s1. The monoisotopic (exact) mass is 285 g/mol. The molecule has 2 aromatic rings. The molecule has 1 fully saturated rings. The number of halogens is 1. The Morgan fingerprint density at radius 1 is 1.24 bits per heavy atom. The maximum absolute atomic E-state index is 13.1. The largest absolute Gasteiger partial charge is 0.366 e. The maximum Gasteiger partial charge on any atom is 0.126 e. The number of rotatable bonds is 4. The lowest BCUT2D eigenvalue weighted by molar-refractivity contribution is 0.455. The van der Waals surface area contributed by atoms with Crippen molar-refractivity contribution in [1.82, 2.24) is 10.3 Å². The second-order valence-corrected chi connectivity index (χ2v) is 5.47. The van der Waals surface area contributed by atoms with E-state index in [9.17, 15) is 4.39 Å². The lowest BCUT2D eigenvalue weighted by Crippen LogP contribution is -2.28. The number of pyridine rings is 1. The van der Waals surface area contributed by atoms with E-state index in [0.717, 1.165) is 30.2 Å². The minimum absolute atomic E-state index is 0.204. The second-order valence-electron chi connectivity index (χ2n) is 5.47. The highest BCUT2D eigenvalue weighted by atomic mass is 19.1. The minimum Gasteiger partial charge on any atom is -0.366 e. The second kappa shape index (κ2) is 6.68. The Morgan fingerprint density at radius 3 is 2.95 bits per heavy atom. The molecule has 0 saturated carbocycles. The number of hydrogen-bond acceptors (Lipinski definition) is 3. The van der Waals surface area contributed by atoms with Crippen LogP contribution < -0.4 is 10.6 Å². The lowest BCUT2D eigenvalue weighted by atomic mass is 9.96. The molecule has 4 heteroatoms. The van der Waals surface area contributed by atoms with Gasteiger partial charge in [-0.3, -0.25) is 0 Å². The number of anilines is 1. The van der Waals surface area contributed by atoms with Crippen LogP contribution in [0, 0.1) is 5.82 Å². The number of nitrogens with one attached hydrogen (secondary N) is 2. The van der Waals surface area contributed by atoms with E-state index in [-0.39, 0.29) is 5.82 Å². The molecule has 0 bridgehead atoms. The fourth-order valence-electron chi connectivity index (χ4n) is 2.72. The van der Waals surface area contributed by atoms with Gasteiger partial charge in [-0.1, -0.05) is 18.2 Å². The summed E-state index contributed by atoms with van der Waals surface area (Å²) in [4.78, 5) is 4.69. The Bertz CT molecular complexity index is 594. The fraction of sp³-hybridized carbons (Fsp3) is 0.353. The summed E-state index contributed by atoms with van der Waals surface area (Å²) in [6.07, 6.45) is 2.39. The van der Waals surface area contributed by atoms with Gasteiger partial charge in [0.2, 0.25) is 0 Å². The van der Waals surface area contributed by atoms with Crippen molar-refractivity contribution in [2.45, 2.75) is 25.3 Å². The molecule has 1 atom stereocenters. The van der Waals surface area contributed by atoms with Gasteiger partial charge >= 0.3 is 0 Å². The molecule has 0 unspecified atom stereocenters. The summed E-state index contributed by atoms with van der Waals surface area (Å²) in [7, 11) is 0. The van der Waals surface area contributed by atoms with Crippen LogP contribution >= 0.6 is 0 Å². The first kappa shape index (κ1) is 14.0. The molecular weight excluding hydrogens is 265 g/mol. The first-order valence-corrected chi connectivity index (χ1v) is 7.47. The quantitative estimate of drug-likeness (QED) is 0.905. The van der Waals surface area contributed by atoms with Crippen LogP contribution in [0.1, 0.15) is 30.0 Å². The van der Waals surface area contributed by atoms with E-state index in [0.29, 0.717) is 12.5 Å². The van der Waals surface area contributed by atoms with Gasteiger partial charge in [-0.15, -0.1) is 0 Å². The number of hydrogen-bond donors (Lipinski definition) is 2. The number of benzene rings is 1. The maximum atomic E-state index is 13.1. The van der Waals surface area contributed by atoms with Crippen molar-refractivity contribution < 1.29 is 4.39 Å². The number of aromatic nitrogens is 1. The summed E-state index contributed by atoms with van der Waals surface area (Å²) in [6.45, 7) is 2.69. The van der Waals surface area contributed by atoms with Crippen LogP contribution in [-0.2, 0) is 6.54 Å². The van der Waals surface area contributed by atoms with Gasteiger partial charge in [0.25, 0.3) is 0 Å². The van der Waals surface area contributed by atoms with Gasteiger partial charge in [0.1, 0.15) is 11.6 Å². The first-order valence-electron chi connectivity index (χ1n) is 7.47. The van der Waals surface area contributed by atoms with Crippen molar-refractivity contribution in [2.24, 2.45) is 0 Å². The van der Waals surface area contributed by atoms with E-state index in [2.05, 4.69) is 21.7 Å². The third-order valence-electron chi connectivity index (χ3n) is 3.85. The molecule has 0 aliphatic carbocycles. The van der Waals surface area contributed by atoms with Gasteiger partial charge in [0.15, 0.2) is 0 Å². The van der Waals surface area contributed by atoms with Gasteiger partial charge < -0.3 is 10.6 Å². The van der Waals surface area contributed by atoms with E-state index in [1.807, 2.05) is 18.2 Å². The van der Waals surface area contributed by atoms with Crippen LogP contribution in [0.2, 0.25) is 0 Å². The van der Waals surface area contributed by atoms with Crippen molar-refractivity contribution in [3.8, 4) is 0 Å². The zero-order valence-corrected chi connectivity index (χ0v) is 12.0. The molecule has 0 amide bonds. The molecule has 3 rings (SSSR count). The van der Waals surface area contributed by atoms with Crippen LogP contribution in [-0.4, -0.2) is 18.1 Å². The molecule has 2 N–H and O–H groups in total. The molecule has 110 valence electrons. The van der Waals surface area contributed by atoms with Crippen LogP contribution in [0.4, 0.5) is 10.2 Å². The molecule has 1 aromatic carbocycles. The SMILES string of the molecule is Fc1cccc(CNc2cccc([C@H]3CCCNC3)n2)c1. The van der Waals surface area contributed by atoms with E-state index in [4.69, 9.17) is 0 Å². The van der Waals surface area contributed by atoms with Crippen molar-refractivity contribution >= 4 is 5.82 Å². The topological polar surface area (TPSA) is 37.0 Å². The van der Waals surface area contributed by atoms with Crippen molar-refractivity contribution in [3.05, 3.63) is 59.5 Å². The lowest BCUT2D eigenvalue weighted by Gasteiger charge is -2.22. The molecule has 1 aliphatic heterocycles. The van der Waals surface area contributed by atoms with Crippen molar-refractivity contribution in [1.29, 1.82) is 0 Å². The Hall–Kier alpha value is -1.94. The third-order valence-corrected chi connectivity index (χ3v) is 3.85. The molecule has 1 aliphatic rings. The Morgan fingerprint density at radius 2 is 2.14 bits per heavy atom. The summed E-state index contributed by atoms with van der Waals surface area (Å²) in [5.74, 6) is 1.14. The molecule has 0 radical (unpaired) electrons. The molecule has 21 heavy (non-hydrogen) atoms. The van der Waals surface area contributed by atoms with E-state index in [1.54, 1.807) is 12.1 Å². The summed E-state index contributed by atoms with van der Waals surface area (Å²) < 4.78 is 13.1. The number of piperidine rings is 1. The normalized spacial score (nSPS) is 18.4. The zero-order chi connectivity index (χ0) is 14.5.